The molecule has 0 radical (unpaired) electrons. The second-order valence-corrected chi connectivity index (χ2v) is 6.93. The van der Waals surface area contributed by atoms with Gasteiger partial charge in [0.2, 0.25) is 5.91 Å². The van der Waals surface area contributed by atoms with Gasteiger partial charge in [-0.3, -0.25) is 10.1 Å². The summed E-state index contributed by atoms with van der Waals surface area (Å²) in [5.41, 5.74) is 1.32. The summed E-state index contributed by atoms with van der Waals surface area (Å²) in [6, 6.07) is 10.5. The molecule has 2 aliphatic heterocycles. The number of nitrogens with one attached hydrogen (secondary N) is 1. The zero-order chi connectivity index (χ0) is 15.2. The number of piperidine rings is 1. The molecule has 2 fully saturated rings. The van der Waals surface area contributed by atoms with Crippen LogP contribution < -0.4 is 5.32 Å². The first-order valence-corrected chi connectivity index (χ1v) is 9.24. The first-order valence-electron chi connectivity index (χ1n) is 8.08. The van der Waals surface area contributed by atoms with Crippen molar-refractivity contribution in [2.45, 2.75) is 31.4 Å². The summed E-state index contributed by atoms with van der Waals surface area (Å²) < 4.78 is 5.98. The molecule has 1 aromatic rings. The van der Waals surface area contributed by atoms with E-state index in [2.05, 4.69) is 29.6 Å². The van der Waals surface area contributed by atoms with E-state index in [1.165, 1.54) is 5.56 Å². The third-order valence-electron chi connectivity index (χ3n) is 4.36. The van der Waals surface area contributed by atoms with E-state index in [1.807, 2.05) is 11.0 Å². The van der Waals surface area contributed by atoms with Gasteiger partial charge >= 0.3 is 0 Å². The highest BCUT2D eigenvalue weighted by atomic mass is 32.2. The standard InChI is InChI=1S/C17H24N2O2S/c20-17(16-12-22-13-18-16)19-9-6-15(7-10-19)21-11-8-14-4-2-1-3-5-14/h1-5,15-16,18H,6-13H2/t16-/m0/s1. The van der Waals surface area contributed by atoms with Gasteiger partial charge in [-0.25, -0.2) is 0 Å². The van der Waals surface area contributed by atoms with Gasteiger partial charge in [0, 0.05) is 24.7 Å². The number of amides is 1. The molecule has 4 nitrogen and oxygen atoms in total. The molecule has 120 valence electrons. The normalized spacial score (nSPS) is 22.9. The summed E-state index contributed by atoms with van der Waals surface area (Å²) in [5, 5.41) is 3.26. The van der Waals surface area contributed by atoms with Crippen molar-refractivity contribution in [3.63, 3.8) is 0 Å². The van der Waals surface area contributed by atoms with Gasteiger partial charge in [0.1, 0.15) is 0 Å². The van der Waals surface area contributed by atoms with Crippen LogP contribution in [0.3, 0.4) is 0 Å². The molecular formula is C17H24N2O2S. The second-order valence-electron chi connectivity index (χ2n) is 5.90. The fourth-order valence-electron chi connectivity index (χ4n) is 3.01. The number of benzene rings is 1. The Hall–Kier alpha value is -1.04. The van der Waals surface area contributed by atoms with Gasteiger partial charge in [-0.15, -0.1) is 11.8 Å². The minimum Gasteiger partial charge on any atom is -0.378 e. The van der Waals surface area contributed by atoms with E-state index in [0.29, 0.717) is 6.10 Å². The predicted octanol–water partition coefficient (Wildman–Crippen LogP) is 1.90. The van der Waals surface area contributed by atoms with Crippen LogP contribution in [0.5, 0.6) is 0 Å². The Balaban J connectivity index is 1.36. The molecule has 1 atom stereocenters. The molecule has 3 rings (SSSR count). The topological polar surface area (TPSA) is 41.6 Å². The molecule has 0 aliphatic carbocycles. The van der Waals surface area contributed by atoms with Crippen molar-refractivity contribution in [2.24, 2.45) is 0 Å². The molecule has 1 N–H and O–H groups in total. The predicted molar refractivity (Wildman–Crippen MR) is 89.9 cm³/mol. The molecule has 22 heavy (non-hydrogen) atoms. The van der Waals surface area contributed by atoms with Gasteiger partial charge in [-0.2, -0.15) is 0 Å². The van der Waals surface area contributed by atoms with E-state index >= 15 is 0 Å². The average Bonchev–Trinajstić information content (AvgIpc) is 3.10. The minimum atomic E-state index is 0.0283. The highest BCUT2D eigenvalue weighted by Gasteiger charge is 2.30. The molecule has 0 saturated carbocycles. The molecule has 0 aromatic heterocycles. The third kappa shape index (κ3) is 4.24. The monoisotopic (exact) mass is 320 g/mol. The van der Waals surface area contributed by atoms with Crippen LogP contribution in [0.25, 0.3) is 0 Å². The fourth-order valence-corrected chi connectivity index (χ4v) is 3.94. The number of carbonyl (C=O) groups excluding carboxylic acids is 1. The number of ether oxygens (including phenoxy) is 1. The molecule has 5 heteroatoms. The summed E-state index contributed by atoms with van der Waals surface area (Å²) in [5.74, 6) is 2.08. The van der Waals surface area contributed by atoms with Crippen molar-refractivity contribution < 1.29 is 9.53 Å². The molecule has 0 bridgehead atoms. The van der Waals surface area contributed by atoms with E-state index in [1.54, 1.807) is 11.8 Å². The Morgan fingerprint density at radius 1 is 1.27 bits per heavy atom. The molecule has 2 aliphatic rings. The molecule has 2 heterocycles. The lowest BCUT2D eigenvalue weighted by atomic mass is 10.1. The maximum atomic E-state index is 12.3. The lowest BCUT2D eigenvalue weighted by molar-refractivity contribution is -0.135. The van der Waals surface area contributed by atoms with Crippen molar-refractivity contribution in [3.05, 3.63) is 35.9 Å². The third-order valence-corrected chi connectivity index (χ3v) is 5.30. The summed E-state index contributed by atoms with van der Waals surface area (Å²) in [7, 11) is 0. The van der Waals surface area contributed by atoms with E-state index in [9.17, 15) is 4.79 Å². The second kappa shape index (κ2) is 7.99. The Bertz CT molecular complexity index is 469. The number of carbonyl (C=O) groups is 1. The maximum Gasteiger partial charge on any atom is 0.240 e. The average molecular weight is 320 g/mol. The highest BCUT2D eigenvalue weighted by Crippen LogP contribution is 2.18. The van der Waals surface area contributed by atoms with Crippen LogP contribution >= 0.6 is 11.8 Å². The van der Waals surface area contributed by atoms with Crippen molar-refractivity contribution in [3.8, 4) is 0 Å². The summed E-state index contributed by atoms with van der Waals surface area (Å²) in [6.45, 7) is 2.43. The van der Waals surface area contributed by atoms with Crippen LogP contribution in [0.2, 0.25) is 0 Å². The number of nitrogens with zero attached hydrogens (tertiary/aromatic N) is 1. The van der Waals surface area contributed by atoms with Crippen molar-refractivity contribution >= 4 is 17.7 Å². The lowest BCUT2D eigenvalue weighted by Crippen LogP contribution is -2.49. The zero-order valence-corrected chi connectivity index (χ0v) is 13.7. The van der Waals surface area contributed by atoms with E-state index in [-0.39, 0.29) is 11.9 Å². The first kappa shape index (κ1) is 15.8. The van der Waals surface area contributed by atoms with Crippen LogP contribution in [-0.2, 0) is 16.0 Å². The van der Waals surface area contributed by atoms with Crippen LogP contribution in [0.15, 0.2) is 30.3 Å². The van der Waals surface area contributed by atoms with Gasteiger partial charge in [0.05, 0.1) is 18.8 Å². The van der Waals surface area contributed by atoms with Crippen LogP contribution in [0.4, 0.5) is 0 Å². The van der Waals surface area contributed by atoms with Gasteiger partial charge in [-0.05, 0) is 24.8 Å². The van der Waals surface area contributed by atoms with Gasteiger partial charge < -0.3 is 9.64 Å². The largest absolute Gasteiger partial charge is 0.378 e. The lowest BCUT2D eigenvalue weighted by Gasteiger charge is -2.33. The van der Waals surface area contributed by atoms with Crippen LogP contribution in [0, 0.1) is 0 Å². The summed E-state index contributed by atoms with van der Waals surface area (Å²) in [6.07, 6.45) is 3.18. The molecular weight excluding hydrogens is 296 g/mol. The Morgan fingerprint density at radius 3 is 2.73 bits per heavy atom. The van der Waals surface area contributed by atoms with Crippen molar-refractivity contribution in [1.29, 1.82) is 0 Å². The number of rotatable bonds is 5. The van der Waals surface area contributed by atoms with Crippen LogP contribution in [0.1, 0.15) is 18.4 Å². The summed E-state index contributed by atoms with van der Waals surface area (Å²) >= 11 is 1.80. The highest BCUT2D eigenvalue weighted by molar-refractivity contribution is 7.99. The van der Waals surface area contributed by atoms with E-state index in [0.717, 1.165) is 50.6 Å². The fraction of sp³-hybridized carbons (Fsp3) is 0.588. The molecule has 0 unspecified atom stereocenters. The smallest absolute Gasteiger partial charge is 0.240 e. The van der Waals surface area contributed by atoms with Crippen molar-refractivity contribution in [2.75, 3.05) is 31.3 Å². The first-order chi connectivity index (χ1) is 10.8. The minimum absolute atomic E-state index is 0.0283. The van der Waals surface area contributed by atoms with Gasteiger partial charge in [0.15, 0.2) is 0 Å². The van der Waals surface area contributed by atoms with Crippen LogP contribution in [-0.4, -0.2) is 54.3 Å². The molecule has 2 saturated heterocycles. The molecule has 1 amide bonds. The summed E-state index contributed by atoms with van der Waals surface area (Å²) in [4.78, 5) is 14.3. The van der Waals surface area contributed by atoms with E-state index in [4.69, 9.17) is 4.74 Å². The Kier molecular flexibility index (Phi) is 5.76. The SMILES string of the molecule is O=C([C@@H]1CSCN1)N1CCC(OCCc2ccccc2)CC1. The maximum absolute atomic E-state index is 12.3. The number of hydrogen-bond donors (Lipinski definition) is 1. The number of thioether (sulfide) groups is 1. The van der Waals surface area contributed by atoms with Gasteiger partial charge in [0.25, 0.3) is 0 Å². The molecule has 1 aromatic carbocycles. The van der Waals surface area contributed by atoms with E-state index < -0.39 is 0 Å². The number of likely N-dealkylation sites (tertiary alicyclic amines) is 1. The van der Waals surface area contributed by atoms with Crippen molar-refractivity contribution in [1.82, 2.24) is 10.2 Å². The Labute approximate surface area is 136 Å². The zero-order valence-electron chi connectivity index (χ0n) is 12.9. The number of hydrogen-bond acceptors (Lipinski definition) is 4. The van der Waals surface area contributed by atoms with Gasteiger partial charge in [-0.1, -0.05) is 30.3 Å². The molecule has 0 spiro atoms. The quantitative estimate of drug-likeness (QED) is 0.900. The Morgan fingerprint density at radius 2 is 2.05 bits per heavy atom.